The Morgan fingerprint density at radius 1 is 1.53 bits per heavy atom. The zero-order valence-electron chi connectivity index (χ0n) is 9.59. The van der Waals surface area contributed by atoms with Gasteiger partial charge in [-0.2, -0.15) is 13.2 Å². The number of nitrogens with two attached hydrogens (primary N) is 1. The summed E-state index contributed by atoms with van der Waals surface area (Å²) >= 11 is 3.05. The fraction of sp³-hybridized carbons (Fsp3) is 0.250. The van der Waals surface area contributed by atoms with Crippen molar-refractivity contribution in [3.63, 3.8) is 0 Å². The normalized spacial score (nSPS) is 12.6. The summed E-state index contributed by atoms with van der Waals surface area (Å²) in [6, 6.07) is 1.96. The number of terminal acetylenes is 1. The average molecular weight is 335 g/mol. The van der Waals surface area contributed by atoms with Gasteiger partial charge in [-0.05, 0) is 34.1 Å². The average Bonchev–Trinajstić information content (AvgIpc) is 2.30. The van der Waals surface area contributed by atoms with Gasteiger partial charge in [0.1, 0.15) is 0 Å². The van der Waals surface area contributed by atoms with E-state index in [1.54, 1.807) is 0 Å². The molecule has 0 aromatic heterocycles. The second kappa shape index (κ2) is 6.08. The lowest BCUT2D eigenvalue weighted by atomic mass is 10.1. The van der Waals surface area contributed by atoms with Gasteiger partial charge in [0.15, 0.2) is 0 Å². The van der Waals surface area contributed by atoms with Crippen molar-refractivity contribution in [3.05, 3.63) is 28.2 Å². The Hall–Kier alpha value is -1.52. The van der Waals surface area contributed by atoms with Crippen LogP contribution in [0.1, 0.15) is 12.0 Å². The number of anilines is 1. The molecular weight excluding hydrogens is 325 g/mol. The number of benzene rings is 1. The van der Waals surface area contributed by atoms with Gasteiger partial charge in [-0.25, -0.2) is 0 Å². The van der Waals surface area contributed by atoms with Crippen LogP contribution in [-0.4, -0.2) is 11.9 Å². The first kappa shape index (κ1) is 15.5. The van der Waals surface area contributed by atoms with Gasteiger partial charge in [0.25, 0.3) is 0 Å². The van der Waals surface area contributed by atoms with E-state index >= 15 is 0 Å². The molecule has 3 nitrogen and oxygen atoms in total. The standard InChI is InChI=1S/C12H10BrF3N2O/c1-2-3-9(17)11(19)18-10-6-7(12(14,15)16)4-5-8(10)13/h1,4-6,9H,3,17H2,(H,18,19). The van der Waals surface area contributed by atoms with E-state index in [1.165, 1.54) is 6.07 Å². The Labute approximate surface area is 116 Å². The van der Waals surface area contributed by atoms with Crippen LogP contribution in [-0.2, 0) is 11.0 Å². The molecule has 7 heteroatoms. The summed E-state index contributed by atoms with van der Waals surface area (Å²) in [5.41, 5.74) is 4.59. The minimum absolute atomic E-state index is 0.00239. The molecule has 0 spiro atoms. The fourth-order valence-electron chi connectivity index (χ4n) is 1.24. The third kappa shape index (κ3) is 4.26. The Morgan fingerprint density at radius 3 is 2.68 bits per heavy atom. The smallest absolute Gasteiger partial charge is 0.324 e. The molecule has 3 N–H and O–H groups in total. The SMILES string of the molecule is C#CCC(N)C(=O)Nc1cc(C(F)(F)F)ccc1Br. The number of amides is 1. The highest BCUT2D eigenvalue weighted by atomic mass is 79.9. The number of halogens is 4. The summed E-state index contributed by atoms with van der Waals surface area (Å²) in [6.45, 7) is 0. The number of carbonyl (C=O) groups excluding carboxylic acids is 1. The van der Waals surface area contributed by atoms with Crippen LogP contribution < -0.4 is 11.1 Å². The summed E-state index contributed by atoms with van der Waals surface area (Å²) < 4.78 is 37.9. The summed E-state index contributed by atoms with van der Waals surface area (Å²) in [5.74, 6) is 1.57. The van der Waals surface area contributed by atoms with E-state index in [0.29, 0.717) is 4.47 Å². The quantitative estimate of drug-likeness (QED) is 0.835. The highest BCUT2D eigenvalue weighted by molar-refractivity contribution is 9.10. The van der Waals surface area contributed by atoms with Gasteiger partial charge >= 0.3 is 6.18 Å². The second-order valence-electron chi connectivity index (χ2n) is 3.70. The molecule has 1 aromatic rings. The van der Waals surface area contributed by atoms with Crippen LogP contribution >= 0.6 is 15.9 Å². The lowest BCUT2D eigenvalue weighted by Gasteiger charge is -2.13. The van der Waals surface area contributed by atoms with Crippen molar-refractivity contribution in [2.45, 2.75) is 18.6 Å². The summed E-state index contributed by atoms with van der Waals surface area (Å²) in [7, 11) is 0. The molecule has 102 valence electrons. The van der Waals surface area contributed by atoms with Crippen LogP contribution in [0, 0.1) is 12.3 Å². The second-order valence-corrected chi connectivity index (χ2v) is 4.55. The van der Waals surface area contributed by atoms with Gasteiger partial charge in [0.2, 0.25) is 5.91 Å². The Bertz CT molecular complexity index is 523. The van der Waals surface area contributed by atoms with E-state index < -0.39 is 23.7 Å². The lowest BCUT2D eigenvalue weighted by Crippen LogP contribution is -2.35. The van der Waals surface area contributed by atoms with Gasteiger partial charge in [0.05, 0.1) is 17.3 Å². The fourth-order valence-corrected chi connectivity index (χ4v) is 1.59. The first-order valence-electron chi connectivity index (χ1n) is 5.12. The van der Waals surface area contributed by atoms with Crippen LogP contribution in [0.5, 0.6) is 0 Å². The van der Waals surface area contributed by atoms with Crippen LogP contribution in [0.4, 0.5) is 18.9 Å². The molecule has 0 saturated heterocycles. The lowest BCUT2D eigenvalue weighted by molar-refractivity contribution is -0.137. The van der Waals surface area contributed by atoms with Crippen molar-refractivity contribution in [2.75, 3.05) is 5.32 Å². The van der Waals surface area contributed by atoms with Gasteiger partial charge in [-0.1, -0.05) is 0 Å². The molecule has 0 aliphatic heterocycles. The van der Waals surface area contributed by atoms with E-state index in [1.807, 2.05) is 0 Å². The topological polar surface area (TPSA) is 55.1 Å². The summed E-state index contributed by atoms with van der Waals surface area (Å²) in [6.07, 6.45) is 0.521. The molecule has 0 aliphatic carbocycles. The van der Waals surface area contributed by atoms with E-state index in [-0.39, 0.29) is 12.1 Å². The Morgan fingerprint density at radius 2 is 2.16 bits per heavy atom. The predicted molar refractivity (Wildman–Crippen MR) is 69.2 cm³/mol. The van der Waals surface area contributed by atoms with Gasteiger partial charge in [-0.3, -0.25) is 4.79 Å². The maximum Gasteiger partial charge on any atom is 0.416 e. The summed E-state index contributed by atoms with van der Waals surface area (Å²) in [5, 5.41) is 2.30. The molecule has 19 heavy (non-hydrogen) atoms. The van der Waals surface area contributed by atoms with Crippen LogP contribution in [0.2, 0.25) is 0 Å². The molecule has 0 fully saturated rings. The Balaban J connectivity index is 2.95. The number of hydrogen-bond donors (Lipinski definition) is 2. The minimum Gasteiger partial charge on any atom is -0.324 e. The molecule has 0 saturated carbocycles. The number of alkyl halides is 3. The summed E-state index contributed by atoms with van der Waals surface area (Å²) in [4.78, 5) is 11.6. The van der Waals surface area contributed by atoms with Crippen molar-refractivity contribution in [3.8, 4) is 12.3 Å². The van der Waals surface area contributed by atoms with E-state index in [0.717, 1.165) is 12.1 Å². The number of rotatable bonds is 3. The third-order valence-corrected chi connectivity index (χ3v) is 2.92. The molecule has 1 aromatic carbocycles. The highest BCUT2D eigenvalue weighted by Gasteiger charge is 2.31. The maximum atomic E-state index is 12.5. The van der Waals surface area contributed by atoms with Gasteiger partial charge in [-0.15, -0.1) is 12.3 Å². The van der Waals surface area contributed by atoms with Gasteiger partial charge < -0.3 is 11.1 Å². The molecule has 0 radical (unpaired) electrons. The molecule has 0 aliphatic rings. The first-order chi connectivity index (χ1) is 8.75. The molecule has 0 bridgehead atoms. The maximum absolute atomic E-state index is 12.5. The number of hydrogen-bond acceptors (Lipinski definition) is 2. The van der Waals surface area contributed by atoms with E-state index in [4.69, 9.17) is 12.2 Å². The van der Waals surface area contributed by atoms with Crippen LogP contribution in [0.25, 0.3) is 0 Å². The minimum atomic E-state index is -4.49. The van der Waals surface area contributed by atoms with Crippen molar-refractivity contribution in [2.24, 2.45) is 5.73 Å². The van der Waals surface area contributed by atoms with Crippen molar-refractivity contribution in [1.82, 2.24) is 0 Å². The number of carbonyl (C=O) groups is 1. The predicted octanol–water partition coefficient (Wildman–Crippen LogP) is 2.76. The van der Waals surface area contributed by atoms with E-state index in [9.17, 15) is 18.0 Å². The molecule has 1 rings (SSSR count). The molecular formula is C12H10BrF3N2O. The zero-order chi connectivity index (χ0) is 14.6. The molecule has 1 atom stereocenters. The van der Waals surface area contributed by atoms with Gasteiger partial charge in [0, 0.05) is 10.9 Å². The monoisotopic (exact) mass is 334 g/mol. The Kier molecular flexibility index (Phi) is 4.97. The van der Waals surface area contributed by atoms with E-state index in [2.05, 4.69) is 27.2 Å². The highest BCUT2D eigenvalue weighted by Crippen LogP contribution is 2.33. The van der Waals surface area contributed by atoms with Crippen LogP contribution in [0.15, 0.2) is 22.7 Å². The molecule has 1 amide bonds. The van der Waals surface area contributed by atoms with Crippen molar-refractivity contribution < 1.29 is 18.0 Å². The van der Waals surface area contributed by atoms with Crippen molar-refractivity contribution >= 4 is 27.5 Å². The molecule has 1 unspecified atom stereocenters. The molecule has 0 heterocycles. The van der Waals surface area contributed by atoms with Crippen LogP contribution in [0.3, 0.4) is 0 Å². The largest absolute Gasteiger partial charge is 0.416 e. The zero-order valence-corrected chi connectivity index (χ0v) is 11.2. The third-order valence-electron chi connectivity index (χ3n) is 2.23. The first-order valence-corrected chi connectivity index (χ1v) is 5.91. The number of nitrogens with one attached hydrogen (secondary N) is 1. The van der Waals surface area contributed by atoms with Crippen molar-refractivity contribution in [1.29, 1.82) is 0 Å².